The van der Waals surface area contributed by atoms with Gasteiger partial charge in [0.1, 0.15) is 30.1 Å². The molecule has 1 aliphatic heterocycles. The van der Waals surface area contributed by atoms with Crippen molar-refractivity contribution in [2.24, 2.45) is 4.99 Å². The summed E-state index contributed by atoms with van der Waals surface area (Å²) < 4.78 is 25.7. The summed E-state index contributed by atoms with van der Waals surface area (Å²) in [7, 11) is 1.62. The van der Waals surface area contributed by atoms with Crippen LogP contribution in [0, 0.1) is 17.1 Å². The Kier molecular flexibility index (Phi) is 8.61. The number of rotatable bonds is 10. The summed E-state index contributed by atoms with van der Waals surface area (Å²) in [6.45, 7) is 10.5. The van der Waals surface area contributed by atoms with Crippen molar-refractivity contribution in [3.63, 3.8) is 0 Å². The van der Waals surface area contributed by atoms with Crippen molar-refractivity contribution in [1.82, 2.24) is 24.4 Å². The van der Waals surface area contributed by atoms with Gasteiger partial charge in [-0.15, -0.1) is 0 Å². The lowest BCUT2D eigenvalue weighted by molar-refractivity contribution is 0.146. The van der Waals surface area contributed by atoms with E-state index in [2.05, 4.69) is 37.7 Å². The van der Waals surface area contributed by atoms with E-state index in [1.807, 2.05) is 25.1 Å². The Hall–Kier alpha value is -4.07. The van der Waals surface area contributed by atoms with Gasteiger partial charge in [-0.3, -0.25) is 9.88 Å². The number of pyridine rings is 2. The van der Waals surface area contributed by atoms with Crippen LogP contribution in [0.15, 0.2) is 59.8 Å². The van der Waals surface area contributed by atoms with Crippen LogP contribution in [0.1, 0.15) is 23.7 Å². The Morgan fingerprint density at radius 3 is 2.70 bits per heavy atom. The molecule has 4 heterocycles. The zero-order valence-electron chi connectivity index (χ0n) is 21.1. The summed E-state index contributed by atoms with van der Waals surface area (Å²) in [5.74, 6) is 1.08. The Bertz CT molecular complexity index is 1330. The van der Waals surface area contributed by atoms with Gasteiger partial charge in [0.2, 0.25) is 0 Å². The molecule has 37 heavy (non-hydrogen) atoms. The zero-order chi connectivity index (χ0) is 26.2. The van der Waals surface area contributed by atoms with Crippen LogP contribution in [0.25, 0.3) is 11.1 Å². The van der Waals surface area contributed by atoms with E-state index >= 15 is 0 Å². The first kappa shape index (κ1) is 26.0. The van der Waals surface area contributed by atoms with Crippen LogP contribution in [-0.2, 0) is 11.3 Å². The van der Waals surface area contributed by atoms with Crippen molar-refractivity contribution < 1.29 is 13.9 Å². The number of nitriles is 1. The Labute approximate surface area is 215 Å². The summed E-state index contributed by atoms with van der Waals surface area (Å²) in [5.41, 5.74) is 3.84. The Balaban J connectivity index is 1.50. The summed E-state index contributed by atoms with van der Waals surface area (Å²) in [6.07, 6.45) is 8.48. The number of hydrogen-bond donors (Lipinski definition) is 0. The van der Waals surface area contributed by atoms with E-state index in [9.17, 15) is 9.65 Å². The molecule has 10 heteroatoms. The molecule has 0 N–H and O–H groups in total. The predicted octanol–water partition coefficient (Wildman–Crippen LogP) is 3.53. The van der Waals surface area contributed by atoms with Gasteiger partial charge in [0.25, 0.3) is 0 Å². The van der Waals surface area contributed by atoms with Crippen LogP contribution in [0.2, 0.25) is 0 Å². The van der Waals surface area contributed by atoms with Gasteiger partial charge in [-0.1, -0.05) is 6.08 Å². The second-order valence-electron chi connectivity index (χ2n) is 8.66. The minimum atomic E-state index is -0.327. The third-order valence-corrected chi connectivity index (χ3v) is 6.20. The van der Waals surface area contributed by atoms with Gasteiger partial charge in [-0.2, -0.15) is 10.4 Å². The summed E-state index contributed by atoms with van der Waals surface area (Å²) in [4.78, 5) is 12.9. The highest BCUT2D eigenvalue weighted by Gasteiger charge is 2.19. The van der Waals surface area contributed by atoms with E-state index in [-0.39, 0.29) is 5.82 Å². The largest absolute Gasteiger partial charge is 0.490 e. The number of piperazine rings is 1. The molecule has 0 aliphatic carbocycles. The van der Waals surface area contributed by atoms with Crippen molar-refractivity contribution >= 4 is 17.8 Å². The summed E-state index contributed by atoms with van der Waals surface area (Å²) in [5, 5.41) is 13.9. The highest BCUT2D eigenvalue weighted by atomic mass is 19.1. The van der Waals surface area contributed by atoms with Gasteiger partial charge in [0.15, 0.2) is 0 Å². The number of aromatic nitrogens is 3. The molecule has 9 nitrogen and oxygen atoms in total. The molecular weight excluding hydrogens is 473 g/mol. The maximum atomic E-state index is 13.1. The highest BCUT2D eigenvalue weighted by molar-refractivity contribution is 5.82. The monoisotopic (exact) mass is 503 g/mol. The number of allylic oxidation sites excluding steroid dienone is 3. The molecule has 192 valence electrons. The first-order valence-corrected chi connectivity index (χ1v) is 12.0. The van der Waals surface area contributed by atoms with E-state index in [4.69, 9.17) is 9.47 Å². The molecule has 4 rings (SSSR count). The summed E-state index contributed by atoms with van der Waals surface area (Å²) in [6, 6.07) is 7.29. The number of halogens is 1. The third kappa shape index (κ3) is 6.39. The second kappa shape index (κ2) is 12.3. The minimum absolute atomic E-state index is 0.327. The lowest BCUT2D eigenvalue weighted by Gasteiger charge is -2.35. The second-order valence-corrected chi connectivity index (χ2v) is 8.66. The van der Waals surface area contributed by atoms with Gasteiger partial charge >= 0.3 is 0 Å². The van der Waals surface area contributed by atoms with Crippen LogP contribution in [0.4, 0.5) is 4.39 Å². The SMILES string of the molecule is C=N/C(=C\C=C(/C)c1cc(OCCOC)cn2ncc(C#N)c12)N1CCN(Cc2ccc(F)cn2)CC1. The average Bonchev–Trinajstić information content (AvgIpc) is 3.34. The molecule has 3 aromatic rings. The maximum Gasteiger partial charge on any atom is 0.141 e. The maximum absolute atomic E-state index is 13.1. The molecule has 0 amide bonds. The third-order valence-electron chi connectivity index (χ3n) is 6.20. The molecule has 0 spiro atoms. The van der Waals surface area contributed by atoms with E-state index in [0.717, 1.165) is 54.3 Å². The molecule has 1 fully saturated rings. The lowest BCUT2D eigenvalue weighted by Crippen LogP contribution is -2.45. The number of nitrogens with zero attached hydrogens (tertiary/aromatic N) is 7. The number of hydrogen-bond acceptors (Lipinski definition) is 8. The minimum Gasteiger partial charge on any atom is -0.490 e. The molecule has 1 saturated heterocycles. The van der Waals surface area contributed by atoms with Crippen molar-refractivity contribution in [3.05, 3.63) is 77.4 Å². The Morgan fingerprint density at radius 1 is 1.22 bits per heavy atom. The first-order chi connectivity index (χ1) is 18.0. The van der Waals surface area contributed by atoms with E-state index < -0.39 is 0 Å². The highest BCUT2D eigenvalue weighted by Crippen LogP contribution is 2.28. The van der Waals surface area contributed by atoms with E-state index in [0.29, 0.717) is 31.1 Å². The molecule has 3 aromatic heterocycles. The standard InChI is InChI=1S/C27H30FN7O2/c1-20(25-14-24(37-13-12-36-3)19-35-27(25)21(15-29)16-32-35)4-7-26(30-2)34-10-8-33(9-11-34)18-23-6-5-22(28)17-31-23/h4-7,14,16-17,19H,2,8-13,18H2,1,3H3/b20-4+,26-7+. The van der Waals surface area contributed by atoms with Crippen LogP contribution >= 0.6 is 0 Å². The van der Waals surface area contributed by atoms with Crippen molar-refractivity contribution in [3.8, 4) is 11.8 Å². The Morgan fingerprint density at radius 2 is 2.03 bits per heavy atom. The van der Waals surface area contributed by atoms with Gasteiger partial charge in [-0.25, -0.2) is 13.9 Å². The molecule has 0 bridgehead atoms. The van der Waals surface area contributed by atoms with Crippen LogP contribution in [-0.4, -0.2) is 77.6 Å². The first-order valence-electron chi connectivity index (χ1n) is 12.0. The fraction of sp³-hybridized carbons (Fsp3) is 0.333. The molecule has 0 aromatic carbocycles. The van der Waals surface area contributed by atoms with Crippen LogP contribution in [0.5, 0.6) is 5.75 Å². The van der Waals surface area contributed by atoms with Crippen molar-refractivity contribution in [2.45, 2.75) is 13.5 Å². The molecule has 0 atom stereocenters. The fourth-order valence-corrected chi connectivity index (χ4v) is 4.21. The van der Waals surface area contributed by atoms with Gasteiger partial charge in [0, 0.05) is 45.4 Å². The number of aliphatic imine (C=N–C) groups is 1. The fourth-order valence-electron chi connectivity index (χ4n) is 4.21. The number of fused-ring (bicyclic) bond motifs is 1. The van der Waals surface area contributed by atoms with Crippen LogP contribution < -0.4 is 4.74 Å². The zero-order valence-corrected chi connectivity index (χ0v) is 21.1. The summed E-state index contributed by atoms with van der Waals surface area (Å²) >= 11 is 0. The quantitative estimate of drug-likeness (QED) is 0.237. The number of methoxy groups -OCH3 is 1. The molecule has 1 aliphatic rings. The topological polar surface area (TPSA) is 91.3 Å². The molecule has 0 unspecified atom stereocenters. The van der Waals surface area contributed by atoms with Crippen molar-refractivity contribution in [1.29, 1.82) is 5.26 Å². The normalized spacial score (nSPS) is 15.1. The van der Waals surface area contributed by atoms with Crippen LogP contribution in [0.3, 0.4) is 0 Å². The van der Waals surface area contributed by atoms with Crippen molar-refractivity contribution in [2.75, 3.05) is 46.5 Å². The predicted molar refractivity (Wildman–Crippen MR) is 140 cm³/mol. The van der Waals surface area contributed by atoms with Gasteiger partial charge in [0.05, 0.1) is 42.0 Å². The molecular formula is C27H30FN7O2. The van der Waals surface area contributed by atoms with E-state index in [1.54, 1.807) is 30.1 Å². The van der Waals surface area contributed by atoms with Gasteiger partial charge < -0.3 is 14.4 Å². The number of ether oxygens (including phenoxy) is 2. The molecule has 0 saturated carbocycles. The average molecular weight is 504 g/mol. The lowest BCUT2D eigenvalue weighted by atomic mass is 10.0. The molecule has 0 radical (unpaired) electrons. The van der Waals surface area contributed by atoms with E-state index in [1.165, 1.54) is 12.3 Å². The van der Waals surface area contributed by atoms with Gasteiger partial charge in [-0.05, 0) is 43.5 Å². The smallest absolute Gasteiger partial charge is 0.141 e.